The molecular formula is C18H15N5O2. The maximum absolute atomic E-state index is 11.5. The molecule has 2 aromatic heterocycles. The third-order valence-electron chi connectivity index (χ3n) is 3.99. The van der Waals surface area contributed by atoms with Crippen molar-refractivity contribution in [2.75, 3.05) is 7.11 Å². The van der Waals surface area contributed by atoms with Crippen molar-refractivity contribution in [3.8, 4) is 11.3 Å². The second-order valence-electron chi connectivity index (χ2n) is 5.66. The molecule has 4 aromatic rings. The van der Waals surface area contributed by atoms with Crippen LogP contribution in [0.4, 0.5) is 0 Å². The van der Waals surface area contributed by atoms with Crippen LogP contribution in [0.25, 0.3) is 22.2 Å². The molecule has 25 heavy (non-hydrogen) atoms. The Hall–Kier alpha value is -3.48. The van der Waals surface area contributed by atoms with Crippen LogP contribution >= 0.6 is 0 Å². The van der Waals surface area contributed by atoms with E-state index in [4.69, 9.17) is 4.74 Å². The monoisotopic (exact) mass is 333 g/mol. The normalized spacial score (nSPS) is 10.9. The minimum absolute atomic E-state index is 0.343. The summed E-state index contributed by atoms with van der Waals surface area (Å²) >= 11 is 0. The Balaban J connectivity index is 1.53. The van der Waals surface area contributed by atoms with Gasteiger partial charge in [-0.25, -0.2) is 9.48 Å². The van der Waals surface area contributed by atoms with E-state index in [1.54, 1.807) is 23.0 Å². The predicted octanol–water partition coefficient (Wildman–Crippen LogP) is 2.66. The molecule has 0 amide bonds. The number of ether oxygens (including phenoxy) is 1. The van der Waals surface area contributed by atoms with E-state index in [0.29, 0.717) is 12.1 Å². The smallest absolute Gasteiger partial charge is 0.337 e. The zero-order chi connectivity index (χ0) is 17.2. The van der Waals surface area contributed by atoms with Gasteiger partial charge in [0.25, 0.3) is 0 Å². The van der Waals surface area contributed by atoms with Crippen molar-refractivity contribution >= 4 is 16.9 Å². The van der Waals surface area contributed by atoms with Crippen molar-refractivity contribution < 1.29 is 9.53 Å². The molecule has 4 rings (SSSR count). The van der Waals surface area contributed by atoms with Crippen molar-refractivity contribution in [2.45, 2.75) is 6.54 Å². The Morgan fingerprint density at radius 2 is 2.04 bits per heavy atom. The Bertz CT molecular complexity index is 1030. The van der Waals surface area contributed by atoms with Gasteiger partial charge < -0.3 is 4.74 Å². The van der Waals surface area contributed by atoms with Crippen molar-refractivity contribution in [2.24, 2.45) is 0 Å². The van der Waals surface area contributed by atoms with Gasteiger partial charge >= 0.3 is 5.97 Å². The van der Waals surface area contributed by atoms with E-state index in [2.05, 4.69) is 20.5 Å². The molecule has 2 aromatic carbocycles. The molecule has 0 aliphatic heterocycles. The number of nitrogens with zero attached hydrogens (tertiary/aromatic N) is 4. The second kappa shape index (κ2) is 6.20. The fourth-order valence-electron chi connectivity index (χ4n) is 2.66. The lowest BCUT2D eigenvalue weighted by Crippen LogP contribution is -2.03. The molecule has 0 atom stereocenters. The van der Waals surface area contributed by atoms with Crippen LogP contribution in [0.3, 0.4) is 0 Å². The highest BCUT2D eigenvalue weighted by molar-refractivity contribution is 5.89. The maximum atomic E-state index is 11.5. The van der Waals surface area contributed by atoms with Crippen LogP contribution in [-0.4, -0.2) is 38.3 Å². The number of hydrogen-bond donors (Lipinski definition) is 1. The summed E-state index contributed by atoms with van der Waals surface area (Å²) < 4.78 is 6.46. The number of aromatic amines is 1. The number of carbonyl (C=O) groups is 1. The van der Waals surface area contributed by atoms with E-state index < -0.39 is 0 Å². The Morgan fingerprint density at radius 1 is 1.20 bits per heavy atom. The van der Waals surface area contributed by atoms with E-state index in [9.17, 15) is 4.79 Å². The molecule has 0 fully saturated rings. The summed E-state index contributed by atoms with van der Waals surface area (Å²) in [6.07, 6.45) is 3.68. The Kier molecular flexibility index (Phi) is 3.74. The summed E-state index contributed by atoms with van der Waals surface area (Å²) in [6.45, 7) is 0.572. The zero-order valence-corrected chi connectivity index (χ0v) is 13.5. The van der Waals surface area contributed by atoms with Crippen LogP contribution in [-0.2, 0) is 11.3 Å². The van der Waals surface area contributed by atoms with Crippen molar-refractivity contribution in [3.63, 3.8) is 0 Å². The van der Waals surface area contributed by atoms with Crippen molar-refractivity contribution in [1.82, 2.24) is 25.2 Å². The van der Waals surface area contributed by atoms with Crippen molar-refractivity contribution in [3.05, 3.63) is 66.0 Å². The highest BCUT2D eigenvalue weighted by Crippen LogP contribution is 2.21. The lowest BCUT2D eigenvalue weighted by Gasteiger charge is -2.03. The summed E-state index contributed by atoms with van der Waals surface area (Å²) in [5.41, 5.74) is 4.32. The zero-order valence-electron chi connectivity index (χ0n) is 13.5. The number of carbonyl (C=O) groups excluding carboxylic acids is 1. The van der Waals surface area contributed by atoms with E-state index >= 15 is 0 Å². The van der Waals surface area contributed by atoms with Crippen LogP contribution in [0.15, 0.2) is 54.9 Å². The van der Waals surface area contributed by atoms with E-state index in [1.165, 1.54) is 7.11 Å². The van der Waals surface area contributed by atoms with Crippen LogP contribution in [0, 0.1) is 0 Å². The van der Waals surface area contributed by atoms with Crippen molar-refractivity contribution in [1.29, 1.82) is 0 Å². The molecule has 0 unspecified atom stereocenters. The van der Waals surface area contributed by atoms with Gasteiger partial charge in [0.15, 0.2) is 0 Å². The molecule has 7 heteroatoms. The summed E-state index contributed by atoms with van der Waals surface area (Å²) in [6, 6.07) is 13.2. The first-order valence-electron chi connectivity index (χ1n) is 7.74. The first-order chi connectivity index (χ1) is 12.2. The van der Waals surface area contributed by atoms with Gasteiger partial charge in [-0.2, -0.15) is 5.10 Å². The molecule has 2 heterocycles. The number of H-pyrrole nitrogens is 1. The molecule has 124 valence electrons. The Morgan fingerprint density at radius 3 is 2.84 bits per heavy atom. The molecule has 7 nitrogen and oxygen atoms in total. The number of nitrogens with one attached hydrogen (secondary N) is 1. The molecule has 0 aliphatic rings. The van der Waals surface area contributed by atoms with E-state index in [-0.39, 0.29) is 5.97 Å². The van der Waals surface area contributed by atoms with Gasteiger partial charge in [0.2, 0.25) is 0 Å². The third kappa shape index (κ3) is 2.99. The van der Waals surface area contributed by atoms with Crippen LogP contribution in [0.5, 0.6) is 0 Å². The van der Waals surface area contributed by atoms with Gasteiger partial charge in [0, 0.05) is 10.9 Å². The minimum atomic E-state index is -0.343. The van der Waals surface area contributed by atoms with Crippen LogP contribution in [0.2, 0.25) is 0 Å². The number of rotatable bonds is 4. The molecule has 0 saturated heterocycles. The average Bonchev–Trinajstić information content (AvgIpc) is 3.30. The third-order valence-corrected chi connectivity index (χ3v) is 3.99. The van der Waals surface area contributed by atoms with Gasteiger partial charge in [0.05, 0.1) is 37.1 Å². The highest BCUT2D eigenvalue weighted by Gasteiger charge is 2.08. The van der Waals surface area contributed by atoms with E-state index in [0.717, 1.165) is 27.7 Å². The maximum Gasteiger partial charge on any atom is 0.337 e. The summed E-state index contributed by atoms with van der Waals surface area (Å²) in [4.78, 5) is 11.5. The quantitative estimate of drug-likeness (QED) is 0.580. The highest BCUT2D eigenvalue weighted by atomic mass is 16.5. The SMILES string of the molecule is COC(=O)c1ccc(Cn2cc(-c3ccc4[nH]ncc4c3)nn2)cc1. The first-order valence-corrected chi connectivity index (χ1v) is 7.74. The number of fused-ring (bicyclic) bond motifs is 1. The number of hydrogen-bond acceptors (Lipinski definition) is 5. The molecule has 0 bridgehead atoms. The number of benzene rings is 2. The molecule has 0 radical (unpaired) electrons. The largest absolute Gasteiger partial charge is 0.465 e. The molecule has 0 spiro atoms. The fraction of sp³-hybridized carbons (Fsp3) is 0.111. The molecule has 0 saturated carbocycles. The summed E-state index contributed by atoms with van der Waals surface area (Å²) in [5.74, 6) is -0.343. The molecule has 1 N–H and O–H groups in total. The van der Waals surface area contributed by atoms with Gasteiger partial charge in [0.1, 0.15) is 5.69 Å². The number of esters is 1. The topological polar surface area (TPSA) is 85.7 Å². The van der Waals surface area contributed by atoms with E-state index in [1.807, 2.05) is 36.5 Å². The lowest BCUT2D eigenvalue weighted by atomic mass is 10.1. The second-order valence-corrected chi connectivity index (χ2v) is 5.66. The van der Waals surface area contributed by atoms with Gasteiger partial charge in [-0.3, -0.25) is 5.10 Å². The van der Waals surface area contributed by atoms with Crippen LogP contribution in [0.1, 0.15) is 15.9 Å². The number of methoxy groups -OCH3 is 1. The Labute approximate surface area is 143 Å². The first kappa shape index (κ1) is 15.1. The minimum Gasteiger partial charge on any atom is -0.465 e. The molecule has 0 aliphatic carbocycles. The summed E-state index contributed by atoms with van der Waals surface area (Å²) in [5, 5.41) is 16.4. The van der Waals surface area contributed by atoms with Gasteiger partial charge in [-0.15, -0.1) is 5.10 Å². The fourth-order valence-corrected chi connectivity index (χ4v) is 2.66. The average molecular weight is 333 g/mol. The number of aromatic nitrogens is 5. The molecular weight excluding hydrogens is 318 g/mol. The predicted molar refractivity (Wildman–Crippen MR) is 92.0 cm³/mol. The van der Waals surface area contributed by atoms with Gasteiger partial charge in [-0.05, 0) is 29.8 Å². The van der Waals surface area contributed by atoms with Gasteiger partial charge in [-0.1, -0.05) is 23.4 Å². The lowest BCUT2D eigenvalue weighted by molar-refractivity contribution is 0.0600. The van der Waals surface area contributed by atoms with Crippen LogP contribution < -0.4 is 0 Å². The standard InChI is InChI=1S/C18H15N5O2/c1-25-18(24)13-4-2-12(3-5-13)10-23-11-17(21-22-23)14-6-7-16-15(8-14)9-19-20-16/h2-9,11H,10H2,1H3,(H,19,20). The summed E-state index contributed by atoms with van der Waals surface area (Å²) in [7, 11) is 1.37.